The van der Waals surface area contributed by atoms with E-state index in [9.17, 15) is 29.7 Å². The summed E-state index contributed by atoms with van der Waals surface area (Å²) in [5.41, 5.74) is 0. The lowest BCUT2D eigenvalue weighted by atomic mass is 9.95. The van der Waals surface area contributed by atoms with Gasteiger partial charge in [-0.15, -0.1) is 0 Å². The molecule has 0 aromatic heterocycles. The van der Waals surface area contributed by atoms with Gasteiger partial charge in [-0.25, -0.2) is 0 Å². The average molecular weight is 583 g/mol. The van der Waals surface area contributed by atoms with Gasteiger partial charge in [0.1, 0.15) is 17.8 Å². The summed E-state index contributed by atoms with van der Waals surface area (Å²) < 4.78 is 0.245. The number of carboxylic acid groups (broad SMARTS) is 3. The normalized spacial score (nSPS) is 15.4. The first-order valence-electron chi connectivity index (χ1n) is 16.8. The number of rotatable bonds is 29. The first-order valence-corrected chi connectivity index (χ1v) is 16.8. The fourth-order valence-electron chi connectivity index (χ4n) is 5.92. The van der Waals surface area contributed by atoms with Crippen LogP contribution in [-0.2, 0) is 14.4 Å². The Balaban J connectivity index is 4.84. The molecule has 0 spiro atoms. The molecule has 3 unspecified atom stereocenters. The third-order valence-electron chi connectivity index (χ3n) is 8.74. The first-order chi connectivity index (χ1) is 19.7. The quantitative estimate of drug-likeness (QED) is 0.0463. The van der Waals surface area contributed by atoms with Crippen molar-refractivity contribution in [2.24, 2.45) is 17.8 Å². The Labute approximate surface area is 251 Å². The van der Waals surface area contributed by atoms with Crippen molar-refractivity contribution in [2.75, 3.05) is 26.2 Å². The molecule has 0 aliphatic rings. The van der Waals surface area contributed by atoms with Gasteiger partial charge in [0, 0.05) is 0 Å². The highest BCUT2D eigenvalue weighted by atomic mass is 16.4. The Morgan fingerprint density at radius 1 is 0.512 bits per heavy atom. The van der Waals surface area contributed by atoms with Gasteiger partial charge >= 0.3 is 17.9 Å². The molecular formula is C34H64NO6+. The van der Waals surface area contributed by atoms with Crippen molar-refractivity contribution in [3.63, 3.8) is 0 Å². The van der Waals surface area contributed by atoms with E-state index < -0.39 is 35.7 Å². The van der Waals surface area contributed by atoms with Crippen LogP contribution in [0.15, 0.2) is 12.2 Å². The maximum Gasteiger partial charge on any atom is 0.312 e. The Bertz CT molecular complexity index is 662. The van der Waals surface area contributed by atoms with Crippen molar-refractivity contribution in [3.8, 4) is 0 Å². The topological polar surface area (TPSA) is 112 Å². The second-order valence-corrected chi connectivity index (χ2v) is 12.2. The number of hydrogen-bond donors (Lipinski definition) is 3. The molecule has 3 atom stereocenters. The Morgan fingerprint density at radius 3 is 1.15 bits per heavy atom. The molecule has 0 aromatic rings. The zero-order chi connectivity index (χ0) is 30.9. The zero-order valence-electron chi connectivity index (χ0n) is 27.0. The summed E-state index contributed by atoms with van der Waals surface area (Å²) in [6.45, 7) is 9.19. The van der Waals surface area contributed by atoms with Crippen molar-refractivity contribution < 1.29 is 34.2 Å². The zero-order valence-corrected chi connectivity index (χ0v) is 27.0. The van der Waals surface area contributed by atoms with E-state index in [0.29, 0.717) is 25.8 Å². The van der Waals surface area contributed by atoms with Crippen molar-refractivity contribution in [1.29, 1.82) is 0 Å². The van der Waals surface area contributed by atoms with E-state index in [0.717, 1.165) is 32.1 Å². The standard InChI is InChI=1S/C34H63NO6/c1-5-9-10-11-12-13-14-15-16-17-18-19-20-21-22-23-24-25-35(26-29(6-2)32(36)37,27-30(7-3)33(38)39)28-31(8-4)34(40)41/h19-20,29-31H,5-18,21-28H2,1-4H3,(H2-,36,37,38,39,40,41)/p+1/b20-19+. The minimum absolute atomic E-state index is 0.245. The van der Waals surface area contributed by atoms with Crippen LogP contribution in [0.1, 0.15) is 143 Å². The van der Waals surface area contributed by atoms with E-state index in [1.807, 2.05) is 20.8 Å². The van der Waals surface area contributed by atoms with Gasteiger partial charge in [-0.05, 0) is 57.8 Å². The average Bonchev–Trinajstić information content (AvgIpc) is 2.94. The highest BCUT2D eigenvalue weighted by Gasteiger charge is 2.40. The minimum Gasteiger partial charge on any atom is -0.481 e. The van der Waals surface area contributed by atoms with Gasteiger partial charge in [0.25, 0.3) is 0 Å². The van der Waals surface area contributed by atoms with Crippen LogP contribution < -0.4 is 0 Å². The highest BCUT2D eigenvalue weighted by molar-refractivity contribution is 5.71. The molecule has 0 aliphatic carbocycles. The Morgan fingerprint density at radius 2 is 0.829 bits per heavy atom. The van der Waals surface area contributed by atoms with Gasteiger partial charge < -0.3 is 19.8 Å². The van der Waals surface area contributed by atoms with Gasteiger partial charge in [-0.2, -0.15) is 0 Å². The molecule has 0 fully saturated rings. The molecule has 240 valence electrons. The monoisotopic (exact) mass is 582 g/mol. The summed E-state index contributed by atoms with van der Waals surface area (Å²) in [5.74, 6) is -4.55. The third kappa shape index (κ3) is 19.0. The van der Waals surface area contributed by atoms with Gasteiger partial charge in [0.15, 0.2) is 0 Å². The molecule has 0 radical (unpaired) electrons. The van der Waals surface area contributed by atoms with Crippen molar-refractivity contribution in [2.45, 2.75) is 143 Å². The van der Waals surface area contributed by atoms with Crippen LogP contribution in [0.3, 0.4) is 0 Å². The fraction of sp³-hybridized carbons (Fsp3) is 0.853. The summed E-state index contributed by atoms with van der Waals surface area (Å²) in [6.07, 6.45) is 24.3. The van der Waals surface area contributed by atoms with Gasteiger partial charge in [0.2, 0.25) is 0 Å². The SMILES string of the molecule is CCCCCCCCCCCC/C=C/CCCCC[N+](CC(CC)C(=O)O)(CC(CC)C(=O)O)CC(CC)C(=O)O. The molecule has 0 saturated heterocycles. The second kappa shape index (κ2) is 24.7. The number of hydrogen-bond acceptors (Lipinski definition) is 3. The van der Waals surface area contributed by atoms with Crippen LogP contribution in [0, 0.1) is 17.8 Å². The smallest absolute Gasteiger partial charge is 0.312 e. The summed E-state index contributed by atoms with van der Waals surface area (Å²) in [7, 11) is 0. The molecule has 0 saturated carbocycles. The molecule has 0 heterocycles. The van der Waals surface area contributed by atoms with E-state index in [1.165, 1.54) is 64.2 Å². The van der Waals surface area contributed by atoms with E-state index in [4.69, 9.17) is 0 Å². The summed E-state index contributed by atoms with van der Waals surface area (Å²) in [6, 6.07) is 0. The lowest BCUT2D eigenvalue weighted by Gasteiger charge is -2.43. The number of carbonyl (C=O) groups is 3. The molecule has 0 bridgehead atoms. The summed E-state index contributed by atoms with van der Waals surface area (Å²) in [5, 5.41) is 29.4. The van der Waals surface area contributed by atoms with Crippen molar-refractivity contribution >= 4 is 17.9 Å². The first kappa shape index (κ1) is 39.1. The maximum atomic E-state index is 12.0. The highest BCUT2D eigenvalue weighted by Crippen LogP contribution is 2.25. The lowest BCUT2D eigenvalue weighted by molar-refractivity contribution is -0.935. The number of unbranched alkanes of at least 4 members (excludes halogenated alkanes) is 13. The predicted octanol–water partition coefficient (Wildman–Crippen LogP) is 8.56. The van der Waals surface area contributed by atoms with E-state index >= 15 is 0 Å². The van der Waals surface area contributed by atoms with Crippen LogP contribution in [0.2, 0.25) is 0 Å². The molecule has 3 N–H and O–H groups in total. The largest absolute Gasteiger partial charge is 0.481 e. The van der Waals surface area contributed by atoms with Crippen LogP contribution >= 0.6 is 0 Å². The number of quaternary nitrogens is 1. The van der Waals surface area contributed by atoms with E-state index in [2.05, 4.69) is 19.1 Å². The fourth-order valence-corrected chi connectivity index (χ4v) is 5.92. The molecule has 0 aromatic carbocycles. The third-order valence-corrected chi connectivity index (χ3v) is 8.74. The summed E-state index contributed by atoms with van der Waals surface area (Å²) >= 11 is 0. The Hall–Kier alpha value is -1.89. The van der Waals surface area contributed by atoms with Gasteiger partial charge in [0.05, 0.1) is 26.2 Å². The van der Waals surface area contributed by atoms with Crippen LogP contribution in [0.25, 0.3) is 0 Å². The second-order valence-electron chi connectivity index (χ2n) is 12.2. The van der Waals surface area contributed by atoms with E-state index in [1.54, 1.807) is 0 Å². The Kier molecular flexibility index (Phi) is 23.5. The van der Waals surface area contributed by atoms with Crippen LogP contribution in [0.4, 0.5) is 0 Å². The lowest BCUT2D eigenvalue weighted by Crippen LogP contribution is -2.58. The molecule has 7 heteroatoms. The molecule has 0 rings (SSSR count). The van der Waals surface area contributed by atoms with Crippen molar-refractivity contribution in [3.05, 3.63) is 12.2 Å². The van der Waals surface area contributed by atoms with Gasteiger partial charge in [-0.3, -0.25) is 14.4 Å². The predicted molar refractivity (Wildman–Crippen MR) is 168 cm³/mol. The minimum atomic E-state index is -0.894. The molecule has 0 amide bonds. The van der Waals surface area contributed by atoms with Gasteiger partial charge in [-0.1, -0.05) is 97.6 Å². The maximum absolute atomic E-state index is 12.0. The van der Waals surface area contributed by atoms with Crippen molar-refractivity contribution in [1.82, 2.24) is 0 Å². The molecule has 0 aliphatic heterocycles. The molecular weight excluding hydrogens is 518 g/mol. The number of aliphatic carboxylic acids is 3. The van der Waals surface area contributed by atoms with E-state index in [-0.39, 0.29) is 24.1 Å². The number of allylic oxidation sites excluding steroid dienone is 2. The summed E-state index contributed by atoms with van der Waals surface area (Å²) in [4.78, 5) is 35.9. The number of carboxylic acids is 3. The van der Waals surface area contributed by atoms with Crippen LogP contribution in [-0.4, -0.2) is 63.9 Å². The molecule has 41 heavy (non-hydrogen) atoms. The van der Waals surface area contributed by atoms with Crippen LogP contribution in [0.5, 0.6) is 0 Å². The number of nitrogens with zero attached hydrogens (tertiary/aromatic N) is 1. The molecule has 7 nitrogen and oxygen atoms in total.